The third-order valence-corrected chi connectivity index (χ3v) is 7.48. The van der Waals surface area contributed by atoms with Crippen molar-refractivity contribution in [3.63, 3.8) is 0 Å². The standard InChI is InChI=1S/C38H54N2O10/c1-16-22-18-17-19-23-25(22)29(39-40(23)21(2)3)50-30-28(49-34(44)38(13,14)15)27(48-33(43)37(10,11)12)26(47-32(42)36(7,8)9)24(46-30)20-45-31(41)35(4,5)6/h1,17-19,21,24,26-28,30H,20H2,2-15H3/t24-,26-,27+,28-,30?/m1/s1/i4D,7D,10D,13D. The Morgan fingerprint density at radius 2 is 1.34 bits per heavy atom. The SMILES string of the molecule is [2H]CC(C)(C)C(=O)OC[C@H]1OC(Oc2nn(C(C)C)c3cccc(C#C)c23)[C@H](OC(=O)C(C)(C)C[2H])[C@@H](OC(=O)C(C)(C)C[2H])[C@@H]1OC(=O)C(C)(C)C[2H]. The van der Waals surface area contributed by atoms with E-state index in [9.17, 15) is 19.2 Å². The number of rotatable bonds is 8. The lowest BCUT2D eigenvalue weighted by Gasteiger charge is -2.45. The Kier molecular flexibility index (Phi) is 10.0. The van der Waals surface area contributed by atoms with Crippen molar-refractivity contribution in [1.82, 2.24) is 9.78 Å². The van der Waals surface area contributed by atoms with Crippen LogP contribution >= 0.6 is 0 Å². The van der Waals surface area contributed by atoms with Gasteiger partial charge >= 0.3 is 23.9 Å². The molecule has 50 heavy (non-hydrogen) atoms. The van der Waals surface area contributed by atoms with Crippen LogP contribution in [0.25, 0.3) is 10.9 Å². The Labute approximate surface area is 301 Å². The van der Waals surface area contributed by atoms with E-state index >= 15 is 0 Å². The van der Waals surface area contributed by atoms with Crippen LogP contribution in [0.5, 0.6) is 5.88 Å². The zero-order valence-electron chi connectivity index (χ0n) is 34.8. The number of ether oxygens (including phenoxy) is 6. The highest BCUT2D eigenvalue weighted by molar-refractivity contribution is 5.90. The van der Waals surface area contributed by atoms with Crippen LogP contribution in [0.2, 0.25) is 0 Å². The highest BCUT2D eigenvalue weighted by Gasteiger charge is 2.56. The topological polar surface area (TPSA) is 141 Å². The number of hydrogen-bond acceptors (Lipinski definition) is 11. The first kappa shape index (κ1) is 34.3. The molecule has 1 unspecified atom stereocenters. The Bertz CT molecular complexity index is 1730. The lowest BCUT2D eigenvalue weighted by Crippen LogP contribution is -2.65. The van der Waals surface area contributed by atoms with Crippen LogP contribution in [0.1, 0.15) is 114 Å². The quantitative estimate of drug-likeness (QED) is 0.177. The maximum absolute atomic E-state index is 13.8. The molecule has 276 valence electrons. The number of hydrogen-bond donors (Lipinski definition) is 0. The van der Waals surface area contributed by atoms with E-state index in [2.05, 4.69) is 11.0 Å². The van der Waals surface area contributed by atoms with Crippen LogP contribution in [0.3, 0.4) is 0 Å². The number of terminal acetylenes is 1. The lowest BCUT2D eigenvalue weighted by molar-refractivity contribution is -0.294. The number of carbonyl (C=O) groups excluding carboxylic acids is 4. The number of aromatic nitrogens is 2. The van der Waals surface area contributed by atoms with E-state index in [-0.39, 0.29) is 18.8 Å². The average molecular weight is 703 g/mol. The summed E-state index contributed by atoms with van der Waals surface area (Å²) in [5.41, 5.74) is -4.35. The van der Waals surface area contributed by atoms with Crippen molar-refractivity contribution in [1.29, 1.82) is 0 Å². The van der Waals surface area contributed by atoms with Crippen molar-refractivity contribution >= 4 is 34.8 Å². The predicted molar refractivity (Wildman–Crippen MR) is 186 cm³/mol. The summed E-state index contributed by atoms with van der Waals surface area (Å²) >= 11 is 0. The molecule has 5 atom stereocenters. The third kappa shape index (κ3) is 9.36. The van der Waals surface area contributed by atoms with E-state index in [1.54, 1.807) is 22.9 Å². The molecule has 0 amide bonds. The van der Waals surface area contributed by atoms with Gasteiger partial charge in [-0.05, 0) is 109 Å². The molecule has 1 aliphatic rings. The molecule has 0 spiro atoms. The van der Waals surface area contributed by atoms with Crippen LogP contribution in [0, 0.1) is 34.0 Å². The Morgan fingerprint density at radius 1 is 0.840 bits per heavy atom. The molecule has 0 bridgehead atoms. The molecule has 12 nitrogen and oxygen atoms in total. The number of benzene rings is 1. The van der Waals surface area contributed by atoms with Crippen molar-refractivity contribution in [2.75, 3.05) is 6.61 Å². The normalized spacial score (nSPS) is 22.7. The second-order valence-electron chi connectivity index (χ2n) is 15.6. The number of carbonyl (C=O) groups is 4. The van der Waals surface area contributed by atoms with Gasteiger partial charge < -0.3 is 28.4 Å². The first-order valence-corrected chi connectivity index (χ1v) is 16.3. The second kappa shape index (κ2) is 14.6. The summed E-state index contributed by atoms with van der Waals surface area (Å²) in [5.74, 6) is -0.899. The zero-order chi connectivity index (χ0) is 41.0. The lowest BCUT2D eigenvalue weighted by atomic mass is 9.93. The van der Waals surface area contributed by atoms with E-state index in [0.717, 1.165) is 0 Å². The van der Waals surface area contributed by atoms with Gasteiger partial charge in [0.1, 0.15) is 12.7 Å². The molecule has 0 N–H and O–H groups in total. The van der Waals surface area contributed by atoms with Gasteiger partial charge in [-0.15, -0.1) is 11.5 Å². The van der Waals surface area contributed by atoms with E-state index in [0.29, 0.717) is 16.5 Å². The van der Waals surface area contributed by atoms with E-state index in [1.165, 1.54) is 55.4 Å². The maximum Gasteiger partial charge on any atom is 0.311 e. The Balaban J connectivity index is 2.34. The molecule has 0 saturated carbocycles. The highest BCUT2D eigenvalue weighted by atomic mass is 16.7. The Hall–Kier alpha value is -4.11. The molecule has 1 fully saturated rings. The number of nitrogens with zero attached hydrogens (tertiary/aromatic N) is 2. The van der Waals surface area contributed by atoms with Gasteiger partial charge in [0.05, 0.1) is 32.6 Å². The molecule has 1 aromatic heterocycles. The summed E-state index contributed by atoms with van der Waals surface area (Å²) < 4.78 is 69.9. The van der Waals surface area contributed by atoms with Gasteiger partial charge in [0.25, 0.3) is 0 Å². The highest BCUT2D eigenvalue weighted by Crippen LogP contribution is 2.37. The Morgan fingerprint density at radius 3 is 1.84 bits per heavy atom. The molecule has 0 radical (unpaired) electrons. The molecule has 0 aliphatic carbocycles. The fourth-order valence-corrected chi connectivity index (χ4v) is 4.58. The fourth-order valence-electron chi connectivity index (χ4n) is 4.58. The van der Waals surface area contributed by atoms with Gasteiger partial charge in [-0.1, -0.05) is 12.0 Å². The molecular weight excluding hydrogens is 644 g/mol. The second-order valence-corrected chi connectivity index (χ2v) is 15.6. The van der Waals surface area contributed by atoms with E-state index in [4.69, 9.17) is 40.3 Å². The summed E-state index contributed by atoms with van der Waals surface area (Å²) in [6, 6.07) is 5.06. The summed E-state index contributed by atoms with van der Waals surface area (Å²) in [4.78, 5) is 54.3. The smallest absolute Gasteiger partial charge is 0.311 e. The molecule has 1 saturated heterocycles. The molecular formula is C38H54N2O10. The summed E-state index contributed by atoms with van der Waals surface area (Å²) in [5, 5.41) is 5.09. The largest absolute Gasteiger partial charge is 0.462 e. The summed E-state index contributed by atoms with van der Waals surface area (Å²) in [7, 11) is 0. The van der Waals surface area contributed by atoms with Gasteiger partial charge in [0, 0.05) is 17.1 Å². The van der Waals surface area contributed by atoms with Crippen LogP contribution in [-0.2, 0) is 42.9 Å². The molecule has 2 heterocycles. The van der Waals surface area contributed by atoms with Crippen molar-refractivity contribution in [2.24, 2.45) is 21.7 Å². The zero-order valence-corrected chi connectivity index (χ0v) is 30.8. The third-order valence-electron chi connectivity index (χ3n) is 7.48. The minimum Gasteiger partial charge on any atom is -0.462 e. The van der Waals surface area contributed by atoms with Crippen molar-refractivity contribution in [3.05, 3.63) is 23.8 Å². The summed E-state index contributed by atoms with van der Waals surface area (Å²) in [6.45, 7) is 13.6. The first-order valence-electron chi connectivity index (χ1n) is 19.1. The van der Waals surface area contributed by atoms with Gasteiger partial charge in [-0.25, -0.2) is 0 Å². The van der Waals surface area contributed by atoms with Crippen molar-refractivity contribution in [2.45, 2.75) is 134 Å². The predicted octanol–water partition coefficient (Wildman–Crippen LogP) is 6.17. The van der Waals surface area contributed by atoms with E-state index < -0.39 is 104 Å². The van der Waals surface area contributed by atoms with Crippen molar-refractivity contribution in [3.8, 4) is 18.2 Å². The molecule has 1 aromatic carbocycles. The van der Waals surface area contributed by atoms with Gasteiger partial charge in [0.2, 0.25) is 18.3 Å². The monoisotopic (exact) mass is 702 g/mol. The molecule has 2 aromatic rings. The number of fused-ring (bicyclic) bond motifs is 1. The van der Waals surface area contributed by atoms with Gasteiger partial charge in [-0.3, -0.25) is 23.9 Å². The minimum absolute atomic E-state index is 0.0357. The fraction of sp³-hybridized carbons (Fsp3) is 0.658. The first-order chi connectivity index (χ1) is 25.0. The van der Waals surface area contributed by atoms with Crippen LogP contribution < -0.4 is 4.74 Å². The molecule has 3 rings (SSSR count). The van der Waals surface area contributed by atoms with Crippen molar-refractivity contribution < 1.29 is 53.1 Å². The van der Waals surface area contributed by atoms with E-state index in [1.807, 2.05) is 13.8 Å². The molecule has 12 heteroatoms. The van der Waals surface area contributed by atoms with Crippen LogP contribution in [0.15, 0.2) is 18.2 Å². The minimum atomic E-state index is -1.71. The summed E-state index contributed by atoms with van der Waals surface area (Å²) in [6.07, 6.45) is -2.32. The average Bonchev–Trinajstić information content (AvgIpc) is 3.51. The number of esters is 4. The molecule has 1 aliphatic heterocycles. The van der Waals surface area contributed by atoms with Crippen LogP contribution in [-0.4, -0.2) is 71.0 Å². The van der Waals surface area contributed by atoms with Gasteiger partial charge in [0.15, 0.2) is 12.2 Å². The van der Waals surface area contributed by atoms with Crippen LogP contribution in [0.4, 0.5) is 0 Å². The maximum atomic E-state index is 13.8. The van der Waals surface area contributed by atoms with Gasteiger partial charge in [-0.2, -0.15) is 0 Å².